The summed E-state index contributed by atoms with van der Waals surface area (Å²) in [5, 5.41) is 12.2. The number of halogens is 1. The van der Waals surface area contributed by atoms with Crippen molar-refractivity contribution in [3.63, 3.8) is 0 Å². The van der Waals surface area contributed by atoms with Gasteiger partial charge in [-0.2, -0.15) is 0 Å². The highest BCUT2D eigenvalue weighted by atomic mass is 79.9. The summed E-state index contributed by atoms with van der Waals surface area (Å²) < 4.78 is 0.984. The minimum atomic E-state index is -0.282. The van der Waals surface area contributed by atoms with Crippen LogP contribution in [0.3, 0.4) is 0 Å². The molecule has 1 saturated heterocycles. The van der Waals surface area contributed by atoms with Gasteiger partial charge in [0, 0.05) is 23.2 Å². The average Bonchev–Trinajstić information content (AvgIpc) is 2.67. The minimum Gasteiger partial charge on any atom is -0.392 e. The fourth-order valence-electron chi connectivity index (χ4n) is 1.89. The molecule has 4 nitrogen and oxygen atoms in total. The molecule has 0 aliphatic carbocycles. The van der Waals surface area contributed by atoms with Crippen molar-refractivity contribution < 1.29 is 9.90 Å². The van der Waals surface area contributed by atoms with E-state index in [0.717, 1.165) is 23.1 Å². The van der Waals surface area contributed by atoms with Crippen LogP contribution in [0.5, 0.6) is 0 Å². The largest absolute Gasteiger partial charge is 0.392 e. The molecule has 1 aliphatic heterocycles. The number of β-amino-alcohol motifs (C(OH)–C–C–N with tert-alkyl or cyclic N) is 1. The molecule has 1 amide bonds. The predicted octanol–water partition coefficient (Wildman–Crippen LogP) is 1.45. The van der Waals surface area contributed by atoms with E-state index in [1.807, 2.05) is 29.2 Å². The van der Waals surface area contributed by atoms with Gasteiger partial charge < -0.3 is 10.4 Å². The fourth-order valence-corrected chi connectivity index (χ4v) is 2.16. The normalized spacial score (nSPS) is 20.5. The molecule has 2 N–H and O–H groups in total. The molecule has 0 spiro atoms. The summed E-state index contributed by atoms with van der Waals surface area (Å²) >= 11 is 3.34. The lowest BCUT2D eigenvalue weighted by Gasteiger charge is -2.14. The fraction of sp³-hybridized carbons (Fsp3) is 0.417. The van der Waals surface area contributed by atoms with Gasteiger partial charge in [-0.25, -0.2) is 0 Å². The molecule has 17 heavy (non-hydrogen) atoms. The summed E-state index contributed by atoms with van der Waals surface area (Å²) in [4.78, 5) is 13.7. The van der Waals surface area contributed by atoms with Crippen LogP contribution in [0, 0.1) is 0 Å². The highest BCUT2D eigenvalue weighted by Gasteiger charge is 2.21. The van der Waals surface area contributed by atoms with Crippen molar-refractivity contribution in [3.05, 3.63) is 28.7 Å². The number of benzene rings is 1. The van der Waals surface area contributed by atoms with E-state index in [0.29, 0.717) is 13.1 Å². The molecule has 1 aromatic carbocycles. The van der Waals surface area contributed by atoms with Gasteiger partial charge in [-0.1, -0.05) is 15.9 Å². The number of carbonyl (C=O) groups is 1. The number of carbonyl (C=O) groups excluding carboxylic acids is 1. The highest BCUT2D eigenvalue weighted by Crippen LogP contribution is 2.14. The van der Waals surface area contributed by atoms with Gasteiger partial charge in [0.2, 0.25) is 5.91 Å². The van der Waals surface area contributed by atoms with E-state index in [1.165, 1.54) is 0 Å². The van der Waals surface area contributed by atoms with E-state index in [-0.39, 0.29) is 12.0 Å². The zero-order chi connectivity index (χ0) is 12.3. The molecule has 1 fully saturated rings. The third-order valence-corrected chi connectivity index (χ3v) is 3.27. The maximum atomic E-state index is 11.7. The number of anilines is 1. The highest BCUT2D eigenvalue weighted by molar-refractivity contribution is 9.10. The van der Waals surface area contributed by atoms with Crippen molar-refractivity contribution in [3.8, 4) is 0 Å². The minimum absolute atomic E-state index is 0.0403. The molecule has 1 heterocycles. The third kappa shape index (κ3) is 3.80. The number of nitrogens with one attached hydrogen (secondary N) is 1. The number of likely N-dealkylation sites (tertiary alicyclic amines) is 1. The van der Waals surface area contributed by atoms with Crippen molar-refractivity contribution in [1.82, 2.24) is 4.90 Å². The first-order valence-corrected chi connectivity index (χ1v) is 6.38. The smallest absolute Gasteiger partial charge is 0.238 e. The number of aliphatic hydroxyl groups is 1. The van der Waals surface area contributed by atoms with E-state index in [9.17, 15) is 9.90 Å². The van der Waals surface area contributed by atoms with Gasteiger partial charge in [-0.05, 0) is 30.7 Å². The topological polar surface area (TPSA) is 52.6 Å². The summed E-state index contributed by atoms with van der Waals surface area (Å²) in [7, 11) is 0. The van der Waals surface area contributed by atoms with Crippen molar-refractivity contribution in [2.24, 2.45) is 0 Å². The molecule has 0 bridgehead atoms. The van der Waals surface area contributed by atoms with Crippen LogP contribution in [0.1, 0.15) is 6.42 Å². The van der Waals surface area contributed by atoms with E-state index >= 15 is 0 Å². The molecule has 2 rings (SSSR count). The second kappa shape index (κ2) is 5.62. The lowest BCUT2D eigenvalue weighted by atomic mass is 10.3. The molecule has 1 aromatic rings. The average molecular weight is 299 g/mol. The molecule has 0 radical (unpaired) electrons. The summed E-state index contributed by atoms with van der Waals surface area (Å²) in [5.74, 6) is -0.0403. The van der Waals surface area contributed by atoms with Crippen LogP contribution >= 0.6 is 15.9 Å². The van der Waals surface area contributed by atoms with Crippen LogP contribution in [-0.2, 0) is 4.79 Å². The first-order chi connectivity index (χ1) is 8.13. The summed E-state index contributed by atoms with van der Waals surface area (Å²) in [6.07, 6.45) is 0.474. The van der Waals surface area contributed by atoms with E-state index in [2.05, 4.69) is 21.2 Å². The van der Waals surface area contributed by atoms with Crippen LogP contribution in [0.4, 0.5) is 5.69 Å². The van der Waals surface area contributed by atoms with Crippen LogP contribution in [-0.4, -0.2) is 41.7 Å². The maximum Gasteiger partial charge on any atom is 0.238 e. The molecular weight excluding hydrogens is 284 g/mol. The van der Waals surface area contributed by atoms with Crippen molar-refractivity contribution in [2.45, 2.75) is 12.5 Å². The van der Waals surface area contributed by atoms with Gasteiger partial charge in [-0.3, -0.25) is 9.69 Å². The lowest BCUT2D eigenvalue weighted by molar-refractivity contribution is -0.117. The third-order valence-electron chi connectivity index (χ3n) is 2.74. The SMILES string of the molecule is O=C(CN1CCC(O)C1)Nc1ccc(Br)cc1. The Hall–Kier alpha value is -0.910. The van der Waals surface area contributed by atoms with Gasteiger partial charge in [0.05, 0.1) is 12.6 Å². The second-order valence-corrected chi connectivity index (χ2v) is 5.15. The Morgan fingerprint density at radius 1 is 1.47 bits per heavy atom. The molecule has 92 valence electrons. The number of hydrogen-bond donors (Lipinski definition) is 2. The predicted molar refractivity (Wildman–Crippen MR) is 69.8 cm³/mol. The second-order valence-electron chi connectivity index (χ2n) is 4.23. The number of hydrogen-bond acceptors (Lipinski definition) is 3. The molecule has 0 saturated carbocycles. The van der Waals surface area contributed by atoms with Crippen molar-refractivity contribution in [1.29, 1.82) is 0 Å². The number of amides is 1. The summed E-state index contributed by atoms with van der Waals surface area (Å²) in [5.41, 5.74) is 0.790. The quantitative estimate of drug-likeness (QED) is 0.888. The lowest BCUT2D eigenvalue weighted by Crippen LogP contribution is -2.32. The van der Waals surface area contributed by atoms with Gasteiger partial charge in [0.25, 0.3) is 0 Å². The van der Waals surface area contributed by atoms with E-state index in [4.69, 9.17) is 0 Å². The Morgan fingerprint density at radius 2 is 2.18 bits per heavy atom. The number of nitrogens with zero attached hydrogens (tertiary/aromatic N) is 1. The first kappa shape index (κ1) is 12.5. The standard InChI is InChI=1S/C12H15BrN2O2/c13-9-1-3-10(4-2-9)14-12(17)8-15-6-5-11(16)7-15/h1-4,11,16H,5-8H2,(H,14,17). The number of rotatable bonds is 3. The van der Waals surface area contributed by atoms with Gasteiger partial charge in [0.1, 0.15) is 0 Å². The Morgan fingerprint density at radius 3 is 2.76 bits per heavy atom. The van der Waals surface area contributed by atoms with Crippen LogP contribution in [0.25, 0.3) is 0 Å². The number of aliphatic hydroxyl groups excluding tert-OH is 1. The molecule has 0 aromatic heterocycles. The molecule has 1 aliphatic rings. The molecule has 1 atom stereocenters. The van der Waals surface area contributed by atoms with Gasteiger partial charge in [0.15, 0.2) is 0 Å². The Labute approximate surface area is 109 Å². The zero-order valence-electron chi connectivity index (χ0n) is 9.40. The van der Waals surface area contributed by atoms with Crippen LogP contribution in [0.2, 0.25) is 0 Å². The first-order valence-electron chi connectivity index (χ1n) is 5.59. The van der Waals surface area contributed by atoms with Crippen LogP contribution < -0.4 is 5.32 Å². The maximum absolute atomic E-state index is 11.7. The van der Waals surface area contributed by atoms with Gasteiger partial charge in [-0.15, -0.1) is 0 Å². The summed E-state index contributed by atoms with van der Waals surface area (Å²) in [6.45, 7) is 1.72. The monoisotopic (exact) mass is 298 g/mol. The Bertz CT molecular complexity index is 394. The zero-order valence-corrected chi connectivity index (χ0v) is 11.0. The Kier molecular flexibility index (Phi) is 4.15. The van der Waals surface area contributed by atoms with Crippen LogP contribution in [0.15, 0.2) is 28.7 Å². The molecular formula is C12H15BrN2O2. The summed E-state index contributed by atoms with van der Waals surface area (Å²) in [6, 6.07) is 7.46. The Balaban J connectivity index is 1.83. The van der Waals surface area contributed by atoms with Crippen molar-refractivity contribution in [2.75, 3.05) is 25.0 Å². The molecule has 1 unspecified atom stereocenters. The van der Waals surface area contributed by atoms with E-state index < -0.39 is 0 Å². The van der Waals surface area contributed by atoms with E-state index in [1.54, 1.807) is 0 Å². The van der Waals surface area contributed by atoms with Gasteiger partial charge >= 0.3 is 0 Å². The molecule has 5 heteroatoms. The van der Waals surface area contributed by atoms with Crippen molar-refractivity contribution >= 4 is 27.5 Å².